The van der Waals surface area contributed by atoms with Gasteiger partial charge in [-0.1, -0.05) is 42.1 Å². The predicted octanol–water partition coefficient (Wildman–Crippen LogP) is 4.17. The molecule has 3 rings (SSSR count). The molecule has 0 saturated heterocycles. The number of rotatable bonds is 6. The fourth-order valence-electron chi connectivity index (χ4n) is 2.30. The number of non-ortho nitro benzene ring substituents is 1. The van der Waals surface area contributed by atoms with Crippen molar-refractivity contribution in [3.05, 3.63) is 64.2 Å². The lowest BCUT2D eigenvalue weighted by molar-refractivity contribution is -0.384. The van der Waals surface area contributed by atoms with Gasteiger partial charge < -0.3 is 5.32 Å². The maximum absolute atomic E-state index is 12.1. The van der Waals surface area contributed by atoms with Crippen LogP contribution < -0.4 is 5.32 Å². The fraction of sp³-hybridized carbons (Fsp3) is 0.176. The van der Waals surface area contributed by atoms with Crippen molar-refractivity contribution in [2.45, 2.75) is 17.3 Å². The highest BCUT2D eigenvalue weighted by Crippen LogP contribution is 2.31. The van der Waals surface area contributed by atoms with Gasteiger partial charge in [-0.3, -0.25) is 14.9 Å². The molecule has 1 atom stereocenters. The van der Waals surface area contributed by atoms with Crippen LogP contribution in [0.5, 0.6) is 0 Å². The SMILES string of the molecule is C[C@@H](NC(=O)CSc1nc2ccc([N+](=O)[O-])cc2s1)c1ccccc1. The molecule has 1 aromatic heterocycles. The molecular formula is C17H15N3O3S2. The number of carbonyl (C=O) groups excluding carboxylic acids is 1. The van der Waals surface area contributed by atoms with E-state index < -0.39 is 4.92 Å². The number of nitrogens with one attached hydrogen (secondary N) is 1. The molecule has 0 spiro atoms. The average Bonchev–Trinajstić information content (AvgIpc) is 3.02. The average molecular weight is 373 g/mol. The van der Waals surface area contributed by atoms with Crippen LogP contribution in [0.4, 0.5) is 5.69 Å². The Morgan fingerprint density at radius 1 is 1.32 bits per heavy atom. The van der Waals surface area contributed by atoms with Crippen molar-refractivity contribution in [2.75, 3.05) is 5.75 Å². The van der Waals surface area contributed by atoms with Gasteiger partial charge in [-0.2, -0.15) is 0 Å². The van der Waals surface area contributed by atoms with Crippen molar-refractivity contribution in [2.24, 2.45) is 0 Å². The van der Waals surface area contributed by atoms with Crippen molar-refractivity contribution in [1.82, 2.24) is 10.3 Å². The van der Waals surface area contributed by atoms with Gasteiger partial charge in [0.1, 0.15) is 0 Å². The van der Waals surface area contributed by atoms with Gasteiger partial charge in [-0.25, -0.2) is 4.98 Å². The molecule has 128 valence electrons. The highest BCUT2D eigenvalue weighted by molar-refractivity contribution is 8.01. The summed E-state index contributed by atoms with van der Waals surface area (Å²) in [6.07, 6.45) is 0. The lowest BCUT2D eigenvalue weighted by Crippen LogP contribution is -2.28. The van der Waals surface area contributed by atoms with Gasteiger partial charge in [-0.05, 0) is 18.6 Å². The molecule has 0 saturated carbocycles. The molecule has 0 aliphatic heterocycles. The maximum Gasteiger partial charge on any atom is 0.270 e. The molecule has 0 radical (unpaired) electrons. The summed E-state index contributed by atoms with van der Waals surface area (Å²) in [4.78, 5) is 26.9. The third-order valence-corrected chi connectivity index (χ3v) is 5.73. The normalized spacial score (nSPS) is 12.0. The summed E-state index contributed by atoms with van der Waals surface area (Å²) >= 11 is 2.68. The first-order valence-electron chi connectivity index (χ1n) is 7.55. The van der Waals surface area contributed by atoms with E-state index in [1.807, 2.05) is 37.3 Å². The Labute approximate surface area is 152 Å². The van der Waals surface area contributed by atoms with E-state index in [1.54, 1.807) is 6.07 Å². The number of hydrogen-bond acceptors (Lipinski definition) is 6. The van der Waals surface area contributed by atoms with Crippen LogP contribution >= 0.6 is 23.1 Å². The van der Waals surface area contributed by atoms with Crippen molar-refractivity contribution in [3.63, 3.8) is 0 Å². The summed E-state index contributed by atoms with van der Waals surface area (Å²) in [7, 11) is 0. The number of carbonyl (C=O) groups is 1. The third-order valence-electron chi connectivity index (χ3n) is 3.57. The Kier molecular flexibility index (Phi) is 5.30. The molecule has 8 heteroatoms. The molecule has 0 aliphatic carbocycles. The van der Waals surface area contributed by atoms with Gasteiger partial charge in [0.05, 0.1) is 26.9 Å². The summed E-state index contributed by atoms with van der Waals surface area (Å²) in [6, 6.07) is 14.3. The van der Waals surface area contributed by atoms with Gasteiger partial charge in [0.25, 0.3) is 5.69 Å². The molecular weight excluding hydrogens is 358 g/mol. The highest BCUT2D eigenvalue weighted by Gasteiger charge is 2.13. The van der Waals surface area contributed by atoms with Crippen LogP contribution in [0.1, 0.15) is 18.5 Å². The number of thiazole rings is 1. The quantitative estimate of drug-likeness (QED) is 0.398. The third kappa shape index (κ3) is 4.34. The lowest BCUT2D eigenvalue weighted by atomic mass is 10.1. The number of nitro groups is 1. The number of aromatic nitrogens is 1. The second-order valence-corrected chi connectivity index (χ2v) is 7.63. The highest BCUT2D eigenvalue weighted by atomic mass is 32.2. The molecule has 0 fully saturated rings. The van der Waals surface area contributed by atoms with Gasteiger partial charge in [0, 0.05) is 12.1 Å². The van der Waals surface area contributed by atoms with E-state index in [0.29, 0.717) is 5.52 Å². The van der Waals surface area contributed by atoms with E-state index in [1.165, 1.54) is 35.2 Å². The molecule has 0 bridgehead atoms. The van der Waals surface area contributed by atoms with Crippen LogP contribution in [0.25, 0.3) is 10.2 Å². The number of thioether (sulfide) groups is 1. The molecule has 0 unspecified atom stereocenters. The number of benzene rings is 2. The second kappa shape index (κ2) is 7.62. The van der Waals surface area contributed by atoms with Crippen molar-refractivity contribution in [1.29, 1.82) is 0 Å². The van der Waals surface area contributed by atoms with Crippen LogP contribution in [0.3, 0.4) is 0 Å². The first-order chi connectivity index (χ1) is 12.0. The van der Waals surface area contributed by atoms with E-state index in [0.717, 1.165) is 14.6 Å². The minimum Gasteiger partial charge on any atom is -0.349 e. The smallest absolute Gasteiger partial charge is 0.270 e. The van der Waals surface area contributed by atoms with E-state index in [9.17, 15) is 14.9 Å². The number of nitro benzene ring substituents is 1. The standard InChI is InChI=1S/C17H15N3O3S2/c1-11(12-5-3-2-4-6-12)18-16(21)10-24-17-19-14-8-7-13(20(22)23)9-15(14)25-17/h2-9,11H,10H2,1H3,(H,18,21)/t11-/m1/s1. The van der Waals surface area contributed by atoms with Gasteiger partial charge in [-0.15, -0.1) is 11.3 Å². The zero-order chi connectivity index (χ0) is 17.8. The maximum atomic E-state index is 12.1. The van der Waals surface area contributed by atoms with Crippen molar-refractivity contribution >= 4 is 44.9 Å². The van der Waals surface area contributed by atoms with Crippen molar-refractivity contribution < 1.29 is 9.72 Å². The summed E-state index contributed by atoms with van der Waals surface area (Å²) in [6.45, 7) is 1.94. The summed E-state index contributed by atoms with van der Waals surface area (Å²) in [5.74, 6) is 0.172. The first-order valence-corrected chi connectivity index (χ1v) is 9.35. The predicted molar refractivity (Wildman–Crippen MR) is 100.0 cm³/mol. The Balaban J connectivity index is 1.60. The molecule has 25 heavy (non-hydrogen) atoms. The van der Waals surface area contributed by atoms with E-state index in [-0.39, 0.29) is 23.4 Å². The second-order valence-electron chi connectivity index (χ2n) is 5.38. The van der Waals surface area contributed by atoms with Gasteiger partial charge >= 0.3 is 0 Å². The minimum absolute atomic E-state index is 0.0436. The topological polar surface area (TPSA) is 85.1 Å². The van der Waals surface area contributed by atoms with Crippen LogP contribution in [0.2, 0.25) is 0 Å². The van der Waals surface area contributed by atoms with Crippen LogP contribution in [0.15, 0.2) is 52.9 Å². The Morgan fingerprint density at radius 2 is 2.08 bits per heavy atom. The van der Waals surface area contributed by atoms with Crippen molar-refractivity contribution in [3.8, 4) is 0 Å². The summed E-state index contributed by atoms with van der Waals surface area (Å²) in [5, 5.41) is 13.8. The number of amides is 1. The monoisotopic (exact) mass is 373 g/mol. The molecule has 0 aliphatic rings. The van der Waals surface area contributed by atoms with Gasteiger partial charge in [0.15, 0.2) is 4.34 Å². The molecule has 1 amide bonds. The van der Waals surface area contributed by atoms with Crippen LogP contribution in [-0.4, -0.2) is 21.6 Å². The van der Waals surface area contributed by atoms with E-state index in [4.69, 9.17) is 0 Å². The molecule has 1 heterocycles. The molecule has 2 aromatic carbocycles. The Bertz CT molecular complexity index is 912. The van der Waals surface area contributed by atoms with Crippen LogP contribution in [0, 0.1) is 10.1 Å². The van der Waals surface area contributed by atoms with E-state index in [2.05, 4.69) is 10.3 Å². The Morgan fingerprint density at radius 3 is 2.80 bits per heavy atom. The Hall–Kier alpha value is -2.45. The minimum atomic E-state index is -0.426. The zero-order valence-corrected chi connectivity index (χ0v) is 15.0. The molecule has 1 N–H and O–H groups in total. The van der Waals surface area contributed by atoms with E-state index >= 15 is 0 Å². The fourth-order valence-corrected chi connectivity index (χ4v) is 4.22. The van der Waals surface area contributed by atoms with Crippen LogP contribution in [-0.2, 0) is 4.79 Å². The molecule has 3 aromatic rings. The largest absolute Gasteiger partial charge is 0.349 e. The summed E-state index contributed by atoms with van der Waals surface area (Å²) < 4.78 is 1.47. The summed E-state index contributed by atoms with van der Waals surface area (Å²) in [5.41, 5.74) is 1.80. The zero-order valence-electron chi connectivity index (χ0n) is 13.3. The lowest BCUT2D eigenvalue weighted by Gasteiger charge is -2.13. The first kappa shape index (κ1) is 17.4. The molecule has 6 nitrogen and oxygen atoms in total. The number of hydrogen-bond donors (Lipinski definition) is 1. The number of fused-ring (bicyclic) bond motifs is 1. The van der Waals surface area contributed by atoms with Gasteiger partial charge in [0.2, 0.25) is 5.91 Å². The number of nitrogens with zero attached hydrogens (tertiary/aromatic N) is 2.